The molecule has 0 bridgehead atoms. The van der Waals surface area contributed by atoms with E-state index in [0.29, 0.717) is 44.7 Å². The van der Waals surface area contributed by atoms with Crippen molar-refractivity contribution < 1.29 is 33.0 Å². The number of carboxylic acid groups (broad SMARTS) is 1. The molecule has 2 aromatic carbocycles. The molecule has 0 aliphatic rings. The average molecular weight is 549 g/mol. The van der Waals surface area contributed by atoms with Gasteiger partial charge in [-0.3, -0.25) is 0 Å². The molecule has 2 aromatic rings. The van der Waals surface area contributed by atoms with E-state index in [1.54, 1.807) is 36.1 Å². The summed E-state index contributed by atoms with van der Waals surface area (Å²) in [5.74, 6) is -3.09. The van der Waals surface area contributed by atoms with Crippen LogP contribution in [-0.2, 0) is 16.0 Å². The molecule has 1 unspecified atom stereocenters. The van der Waals surface area contributed by atoms with Crippen LogP contribution < -0.4 is 10.1 Å². The van der Waals surface area contributed by atoms with Crippen molar-refractivity contribution in [2.75, 3.05) is 31.6 Å². The van der Waals surface area contributed by atoms with E-state index in [9.17, 15) is 23.5 Å². The largest absolute Gasteiger partial charge is 0.492 e. The van der Waals surface area contributed by atoms with E-state index in [4.69, 9.17) is 9.47 Å². The van der Waals surface area contributed by atoms with Crippen molar-refractivity contribution in [1.82, 2.24) is 4.90 Å². The Kier molecular flexibility index (Phi) is 12.6. The number of carboxylic acids is 1. The van der Waals surface area contributed by atoms with Crippen LogP contribution in [0.4, 0.5) is 19.3 Å². The van der Waals surface area contributed by atoms with E-state index >= 15 is 0 Å². The average Bonchev–Trinajstić information content (AvgIpc) is 2.84. The van der Waals surface area contributed by atoms with Crippen LogP contribution in [0.15, 0.2) is 36.4 Å². The molecular formula is C30H42F2N2O5. The second-order valence-corrected chi connectivity index (χ2v) is 10.1. The molecule has 39 heavy (non-hydrogen) atoms. The molecule has 0 saturated carbocycles. The molecule has 9 heteroatoms. The first kappa shape index (κ1) is 32.0. The van der Waals surface area contributed by atoms with Crippen LogP contribution in [0.25, 0.3) is 0 Å². The Morgan fingerprint density at radius 3 is 2.23 bits per heavy atom. The minimum atomic E-state index is -2.68. The molecule has 0 heterocycles. The molecule has 0 aliphatic carbocycles. The van der Waals surface area contributed by atoms with Gasteiger partial charge in [-0.2, -0.15) is 0 Å². The van der Waals surface area contributed by atoms with Gasteiger partial charge in [0.05, 0.1) is 6.54 Å². The van der Waals surface area contributed by atoms with Crippen LogP contribution in [0.1, 0.15) is 61.8 Å². The van der Waals surface area contributed by atoms with Crippen molar-refractivity contribution in [3.63, 3.8) is 0 Å². The van der Waals surface area contributed by atoms with Crippen LogP contribution in [0.5, 0.6) is 5.75 Å². The Morgan fingerprint density at radius 2 is 1.67 bits per heavy atom. The van der Waals surface area contributed by atoms with Gasteiger partial charge in [0.25, 0.3) is 0 Å². The van der Waals surface area contributed by atoms with E-state index in [0.717, 1.165) is 34.9 Å². The van der Waals surface area contributed by atoms with Gasteiger partial charge in [0, 0.05) is 31.7 Å². The van der Waals surface area contributed by atoms with Crippen LogP contribution in [0.2, 0.25) is 0 Å². The number of anilines is 1. The molecule has 0 saturated heterocycles. The van der Waals surface area contributed by atoms with E-state index in [-0.39, 0.29) is 25.5 Å². The summed E-state index contributed by atoms with van der Waals surface area (Å²) in [6, 6.07) is 10.9. The first-order chi connectivity index (χ1) is 18.4. The number of unbranched alkanes of at least 4 members (excludes halogenated alkanes) is 2. The highest BCUT2D eigenvalue weighted by Crippen LogP contribution is 2.23. The van der Waals surface area contributed by atoms with E-state index in [1.165, 1.54) is 0 Å². The Labute approximate surface area is 230 Å². The van der Waals surface area contributed by atoms with Gasteiger partial charge in [0.2, 0.25) is 5.92 Å². The third-order valence-corrected chi connectivity index (χ3v) is 6.36. The predicted molar refractivity (Wildman–Crippen MR) is 149 cm³/mol. The summed E-state index contributed by atoms with van der Waals surface area (Å²) in [4.78, 5) is 26.2. The molecule has 1 atom stereocenters. The second-order valence-electron chi connectivity index (χ2n) is 10.1. The lowest BCUT2D eigenvalue weighted by Crippen LogP contribution is -2.39. The maximum Gasteiger partial charge on any atom is 0.333 e. The number of halogens is 2. The Balaban J connectivity index is 1.98. The molecule has 216 valence electrons. The first-order valence-corrected chi connectivity index (χ1v) is 13.5. The number of benzene rings is 2. The number of nitrogens with one attached hydrogen (secondary N) is 1. The highest BCUT2D eigenvalue weighted by Gasteiger charge is 2.21. The van der Waals surface area contributed by atoms with E-state index < -0.39 is 18.0 Å². The summed E-state index contributed by atoms with van der Waals surface area (Å²) in [7, 11) is 0. The fourth-order valence-electron chi connectivity index (χ4n) is 4.42. The smallest absolute Gasteiger partial charge is 0.333 e. The van der Waals surface area contributed by atoms with Crippen molar-refractivity contribution in [3.05, 3.63) is 58.7 Å². The lowest BCUT2D eigenvalue weighted by molar-refractivity contribution is -0.149. The highest BCUT2D eigenvalue weighted by molar-refractivity contribution is 5.91. The van der Waals surface area contributed by atoms with Gasteiger partial charge >= 0.3 is 12.0 Å². The minimum Gasteiger partial charge on any atom is -0.492 e. The molecule has 2 rings (SSSR count). The summed E-state index contributed by atoms with van der Waals surface area (Å²) < 4.78 is 37.4. The van der Waals surface area contributed by atoms with Gasteiger partial charge in [0.1, 0.15) is 12.4 Å². The Hall–Kier alpha value is -3.20. The summed E-state index contributed by atoms with van der Waals surface area (Å²) in [6.45, 7) is 9.86. The van der Waals surface area contributed by atoms with Crippen LogP contribution in [0, 0.1) is 20.8 Å². The number of hydrogen-bond acceptors (Lipinski definition) is 4. The van der Waals surface area contributed by atoms with Gasteiger partial charge in [0.15, 0.2) is 6.10 Å². The molecule has 0 aliphatic heterocycles. The molecule has 2 N–H and O–H groups in total. The van der Waals surface area contributed by atoms with Gasteiger partial charge < -0.3 is 24.8 Å². The third-order valence-electron chi connectivity index (χ3n) is 6.36. The number of ether oxygens (including phenoxy) is 2. The Morgan fingerprint density at radius 1 is 1.03 bits per heavy atom. The lowest BCUT2D eigenvalue weighted by Gasteiger charge is -2.25. The maximum absolute atomic E-state index is 13.2. The van der Waals surface area contributed by atoms with Crippen LogP contribution in [-0.4, -0.2) is 60.3 Å². The zero-order valence-electron chi connectivity index (χ0n) is 23.7. The number of urea groups is 1. The Bertz CT molecular complexity index is 1050. The fraction of sp³-hybridized carbons (Fsp3) is 0.533. The standard InChI is InChI=1S/C30H42F2N2O5/c1-6-38-26(28(35)36)20-24-10-12-25(13-11-24)39-17-16-34(15-9-7-8-14-30(5,31)32)29(37)33-27-22(3)18-21(2)19-23(27)4/h10-13,18-19,26H,6-9,14-17,20H2,1-5H3,(H,33,37)(H,35,36). The number of alkyl halides is 2. The van der Waals surface area contributed by atoms with Crippen LogP contribution in [0.3, 0.4) is 0 Å². The summed E-state index contributed by atoms with van der Waals surface area (Å²) in [5.41, 5.74) is 4.63. The lowest BCUT2D eigenvalue weighted by atomic mass is 10.1. The fourth-order valence-corrected chi connectivity index (χ4v) is 4.42. The minimum absolute atomic E-state index is 0.169. The number of carbonyl (C=O) groups excluding carboxylic acids is 1. The van der Waals surface area contributed by atoms with Crippen molar-refractivity contribution in [2.24, 2.45) is 0 Å². The number of amides is 2. The number of hydrogen-bond donors (Lipinski definition) is 2. The SMILES string of the molecule is CCOC(Cc1ccc(OCCN(CCCCCC(C)(F)F)C(=O)Nc2c(C)cc(C)cc2C)cc1)C(=O)O. The van der Waals surface area contributed by atoms with Gasteiger partial charge in [-0.05, 0) is 76.3 Å². The van der Waals surface area contributed by atoms with Crippen molar-refractivity contribution in [3.8, 4) is 5.75 Å². The van der Waals surface area contributed by atoms with Crippen molar-refractivity contribution in [1.29, 1.82) is 0 Å². The number of nitrogens with zero attached hydrogens (tertiary/aromatic N) is 1. The van der Waals surface area contributed by atoms with Gasteiger partial charge in [-0.1, -0.05) is 36.2 Å². The monoisotopic (exact) mass is 548 g/mol. The molecule has 0 spiro atoms. The van der Waals surface area contributed by atoms with Gasteiger partial charge in [-0.25, -0.2) is 18.4 Å². The molecule has 2 amide bonds. The summed E-state index contributed by atoms with van der Waals surface area (Å²) in [6.07, 6.45) is 0.769. The summed E-state index contributed by atoms with van der Waals surface area (Å²) >= 11 is 0. The molecular weight excluding hydrogens is 506 g/mol. The normalized spacial score (nSPS) is 12.2. The predicted octanol–water partition coefficient (Wildman–Crippen LogP) is 6.77. The van der Waals surface area contributed by atoms with E-state index in [2.05, 4.69) is 5.32 Å². The topological polar surface area (TPSA) is 88.1 Å². The molecule has 7 nitrogen and oxygen atoms in total. The quantitative estimate of drug-likeness (QED) is 0.226. The number of aliphatic carboxylic acids is 1. The highest BCUT2D eigenvalue weighted by atomic mass is 19.3. The van der Waals surface area contributed by atoms with Gasteiger partial charge in [-0.15, -0.1) is 0 Å². The second kappa shape index (κ2) is 15.4. The zero-order valence-corrected chi connectivity index (χ0v) is 23.7. The first-order valence-electron chi connectivity index (χ1n) is 13.5. The molecule has 0 radical (unpaired) electrons. The third kappa shape index (κ3) is 11.6. The molecule has 0 fully saturated rings. The van der Waals surface area contributed by atoms with Crippen LogP contribution >= 0.6 is 0 Å². The van der Waals surface area contributed by atoms with Crippen molar-refractivity contribution >= 4 is 17.7 Å². The summed E-state index contributed by atoms with van der Waals surface area (Å²) in [5, 5.41) is 12.3. The van der Waals surface area contributed by atoms with Crippen molar-refractivity contribution in [2.45, 2.75) is 78.7 Å². The number of aryl methyl sites for hydroxylation is 3. The number of carbonyl (C=O) groups is 2. The maximum atomic E-state index is 13.2. The zero-order chi connectivity index (χ0) is 29.0. The van der Waals surface area contributed by atoms with E-state index in [1.807, 2.05) is 32.9 Å². The number of rotatable bonds is 16. The molecule has 0 aromatic heterocycles.